The highest BCUT2D eigenvalue weighted by molar-refractivity contribution is 6.31. The molecule has 2 heterocycles. The third-order valence-corrected chi connectivity index (χ3v) is 5.03. The highest BCUT2D eigenvalue weighted by Crippen LogP contribution is 2.23. The van der Waals surface area contributed by atoms with E-state index in [9.17, 15) is 9.59 Å². The van der Waals surface area contributed by atoms with Gasteiger partial charge in [0, 0.05) is 34.4 Å². The number of hydrogen-bond acceptors (Lipinski definition) is 4. The van der Waals surface area contributed by atoms with Crippen molar-refractivity contribution in [2.45, 2.75) is 6.04 Å². The average molecular weight is 420 g/mol. The number of hydrogen-bond donors (Lipinski definition) is 2. The van der Waals surface area contributed by atoms with Crippen LogP contribution in [0.3, 0.4) is 0 Å². The topological polar surface area (TPSA) is 84.1 Å². The van der Waals surface area contributed by atoms with Gasteiger partial charge in [-0.2, -0.15) is 0 Å². The fourth-order valence-electron chi connectivity index (χ4n) is 3.26. The zero-order valence-electron chi connectivity index (χ0n) is 16.1. The Kier molecular flexibility index (Phi) is 5.50. The molecule has 0 bridgehead atoms. The number of methoxy groups -OCH3 is 1. The molecule has 0 aliphatic carbocycles. The summed E-state index contributed by atoms with van der Waals surface area (Å²) in [5.74, 6) is 0.0606. The zero-order valence-corrected chi connectivity index (χ0v) is 16.8. The van der Waals surface area contributed by atoms with Gasteiger partial charge in [-0.15, -0.1) is 0 Å². The molecule has 2 aromatic carbocycles. The van der Waals surface area contributed by atoms with E-state index in [0.29, 0.717) is 32.9 Å². The van der Waals surface area contributed by atoms with Crippen molar-refractivity contribution in [3.63, 3.8) is 0 Å². The molecule has 0 fully saturated rings. The van der Waals surface area contributed by atoms with E-state index < -0.39 is 6.04 Å². The van der Waals surface area contributed by atoms with E-state index >= 15 is 0 Å². The summed E-state index contributed by atoms with van der Waals surface area (Å²) in [6.45, 7) is 0. The maximum atomic E-state index is 13.2. The van der Waals surface area contributed by atoms with E-state index in [1.54, 1.807) is 36.5 Å². The molecular formula is C23H18ClN3O3. The first kappa shape index (κ1) is 19.7. The molecule has 1 atom stereocenters. The number of aromatic amines is 1. The van der Waals surface area contributed by atoms with Gasteiger partial charge in [-0.3, -0.25) is 9.59 Å². The highest BCUT2D eigenvalue weighted by atomic mass is 35.5. The van der Waals surface area contributed by atoms with Crippen LogP contribution >= 0.6 is 11.6 Å². The van der Waals surface area contributed by atoms with Crippen LogP contribution in [0, 0.1) is 0 Å². The second-order valence-electron chi connectivity index (χ2n) is 6.67. The number of ether oxygens (including phenoxy) is 1. The number of pyridine rings is 2. The number of amides is 1. The molecule has 0 spiro atoms. The molecule has 30 heavy (non-hydrogen) atoms. The Hall–Kier alpha value is -3.64. The van der Waals surface area contributed by atoms with Crippen molar-refractivity contribution in [2.75, 3.05) is 7.11 Å². The van der Waals surface area contributed by atoms with Crippen LogP contribution in [0.25, 0.3) is 10.9 Å². The molecule has 150 valence electrons. The predicted octanol–water partition coefficient (Wildman–Crippen LogP) is 4.10. The molecule has 6 nitrogen and oxygen atoms in total. The average Bonchev–Trinajstić information content (AvgIpc) is 2.78. The lowest BCUT2D eigenvalue weighted by atomic mass is 9.98. The zero-order chi connectivity index (χ0) is 21.1. The van der Waals surface area contributed by atoms with Crippen molar-refractivity contribution in [3.8, 4) is 5.88 Å². The van der Waals surface area contributed by atoms with Gasteiger partial charge in [-0.25, -0.2) is 4.98 Å². The summed E-state index contributed by atoms with van der Waals surface area (Å²) in [5.41, 5.74) is 2.02. The molecule has 4 aromatic rings. The van der Waals surface area contributed by atoms with Gasteiger partial charge in [0.2, 0.25) is 5.88 Å². The summed E-state index contributed by atoms with van der Waals surface area (Å²) in [5, 5.41) is 3.99. The maximum Gasteiger partial charge on any atom is 0.253 e. The van der Waals surface area contributed by atoms with Crippen LogP contribution in [0.15, 0.2) is 77.9 Å². The number of carbonyl (C=O) groups excluding carboxylic acids is 1. The molecule has 1 amide bonds. The number of fused-ring (bicyclic) bond motifs is 1. The van der Waals surface area contributed by atoms with Crippen molar-refractivity contribution in [1.29, 1.82) is 0 Å². The molecule has 0 aliphatic heterocycles. The first-order valence-electron chi connectivity index (χ1n) is 9.23. The Morgan fingerprint density at radius 3 is 2.63 bits per heavy atom. The number of H-pyrrole nitrogens is 1. The van der Waals surface area contributed by atoms with Crippen molar-refractivity contribution < 1.29 is 9.53 Å². The molecule has 0 saturated carbocycles. The Balaban J connectivity index is 1.76. The molecule has 0 radical (unpaired) electrons. The molecule has 1 unspecified atom stereocenters. The van der Waals surface area contributed by atoms with Gasteiger partial charge >= 0.3 is 0 Å². The smallest absolute Gasteiger partial charge is 0.253 e. The lowest BCUT2D eigenvalue weighted by Gasteiger charge is -2.20. The third kappa shape index (κ3) is 3.90. The number of nitrogens with one attached hydrogen (secondary N) is 2. The summed E-state index contributed by atoms with van der Waals surface area (Å²) in [7, 11) is 1.51. The minimum atomic E-state index is -0.648. The van der Waals surface area contributed by atoms with Crippen LogP contribution in [-0.2, 0) is 0 Å². The molecule has 4 rings (SSSR count). The summed E-state index contributed by atoms with van der Waals surface area (Å²) >= 11 is 6.03. The second kappa shape index (κ2) is 8.39. The van der Waals surface area contributed by atoms with Gasteiger partial charge in [0.05, 0.1) is 24.2 Å². The number of rotatable bonds is 5. The number of carbonyl (C=O) groups is 1. The highest BCUT2D eigenvalue weighted by Gasteiger charge is 2.22. The Labute approximate surface area is 177 Å². The minimum Gasteiger partial charge on any atom is -0.481 e. The number of aromatic nitrogens is 2. The first-order chi connectivity index (χ1) is 14.6. The quantitative estimate of drug-likeness (QED) is 0.510. The Morgan fingerprint density at radius 1 is 1.13 bits per heavy atom. The van der Waals surface area contributed by atoms with E-state index in [-0.39, 0.29) is 11.3 Å². The summed E-state index contributed by atoms with van der Waals surface area (Å²) in [4.78, 5) is 33.3. The van der Waals surface area contributed by atoms with Crippen molar-refractivity contribution in [2.24, 2.45) is 0 Å². The fraction of sp³-hybridized carbons (Fsp3) is 0.0870. The molecular weight excluding hydrogens is 402 g/mol. The summed E-state index contributed by atoms with van der Waals surface area (Å²) < 4.78 is 5.04. The van der Waals surface area contributed by atoms with Crippen LogP contribution in [0.2, 0.25) is 5.02 Å². The van der Waals surface area contributed by atoms with E-state index in [1.165, 1.54) is 13.3 Å². The van der Waals surface area contributed by atoms with Gasteiger partial charge in [-0.1, -0.05) is 41.9 Å². The summed E-state index contributed by atoms with van der Waals surface area (Å²) in [6.07, 6.45) is 3.05. The monoisotopic (exact) mass is 419 g/mol. The predicted molar refractivity (Wildman–Crippen MR) is 116 cm³/mol. The van der Waals surface area contributed by atoms with Gasteiger partial charge in [0.1, 0.15) is 0 Å². The molecule has 2 N–H and O–H groups in total. The number of nitrogens with zero attached hydrogens (tertiary/aromatic N) is 1. The lowest BCUT2D eigenvalue weighted by molar-refractivity contribution is 0.0942. The molecule has 0 aliphatic rings. The number of halogens is 1. The standard InChI is InChI=1S/C23H18ClN3O3/c1-30-20-10-7-15(12-26-20)23(29)27-21(14-5-3-2-4-6-14)18-13-25-19-11-16(24)8-9-17(19)22(18)28/h2-13,21H,1H3,(H,25,28)(H,27,29). The van der Waals surface area contributed by atoms with Crippen molar-refractivity contribution in [1.82, 2.24) is 15.3 Å². The van der Waals surface area contributed by atoms with Crippen LogP contribution in [0.1, 0.15) is 27.5 Å². The first-order valence-corrected chi connectivity index (χ1v) is 9.61. The lowest BCUT2D eigenvalue weighted by Crippen LogP contribution is -2.32. The summed E-state index contributed by atoms with van der Waals surface area (Å²) in [6, 6.07) is 16.9. The van der Waals surface area contributed by atoms with Crippen LogP contribution in [-0.4, -0.2) is 23.0 Å². The molecule has 0 saturated heterocycles. The van der Waals surface area contributed by atoms with Gasteiger partial charge in [-0.05, 0) is 29.8 Å². The van der Waals surface area contributed by atoms with Crippen molar-refractivity contribution in [3.05, 3.63) is 105 Å². The number of benzene rings is 2. The van der Waals surface area contributed by atoms with Gasteiger partial charge in [0.25, 0.3) is 5.91 Å². The van der Waals surface area contributed by atoms with E-state index in [0.717, 1.165) is 5.56 Å². The van der Waals surface area contributed by atoms with Crippen LogP contribution in [0.4, 0.5) is 0 Å². The van der Waals surface area contributed by atoms with Crippen molar-refractivity contribution >= 4 is 28.4 Å². The second-order valence-corrected chi connectivity index (χ2v) is 7.11. The van der Waals surface area contributed by atoms with Gasteiger partial charge < -0.3 is 15.0 Å². The fourth-order valence-corrected chi connectivity index (χ4v) is 3.43. The molecule has 7 heteroatoms. The largest absolute Gasteiger partial charge is 0.481 e. The third-order valence-electron chi connectivity index (χ3n) is 4.80. The van der Waals surface area contributed by atoms with Crippen LogP contribution in [0.5, 0.6) is 5.88 Å². The SMILES string of the molecule is COc1ccc(C(=O)NC(c2ccccc2)c2c[nH]c3cc(Cl)ccc3c2=O)cn1. The van der Waals surface area contributed by atoms with Gasteiger partial charge in [0.15, 0.2) is 5.43 Å². The van der Waals surface area contributed by atoms with E-state index in [1.807, 2.05) is 30.3 Å². The maximum absolute atomic E-state index is 13.2. The van der Waals surface area contributed by atoms with Crippen LogP contribution < -0.4 is 15.5 Å². The van der Waals surface area contributed by atoms with E-state index in [2.05, 4.69) is 15.3 Å². The Bertz CT molecular complexity index is 1250. The van der Waals surface area contributed by atoms with E-state index in [4.69, 9.17) is 16.3 Å². The Morgan fingerprint density at radius 2 is 1.93 bits per heavy atom. The molecule has 2 aromatic heterocycles. The normalized spacial score (nSPS) is 11.8. The minimum absolute atomic E-state index is 0.178.